The van der Waals surface area contributed by atoms with Gasteiger partial charge in [-0.05, 0) is 37.0 Å². The number of carbonyl (C=O) groups is 2. The van der Waals surface area contributed by atoms with Crippen LogP contribution in [0, 0.1) is 11.3 Å². The summed E-state index contributed by atoms with van der Waals surface area (Å²) in [7, 11) is 0. The molecule has 0 saturated carbocycles. The van der Waals surface area contributed by atoms with E-state index >= 15 is 0 Å². The van der Waals surface area contributed by atoms with Crippen LogP contribution in [-0.2, 0) is 11.2 Å². The lowest BCUT2D eigenvalue weighted by molar-refractivity contribution is -0.130. The molecule has 116 valence electrons. The van der Waals surface area contributed by atoms with Crippen molar-refractivity contribution in [2.24, 2.45) is 0 Å². The smallest absolute Gasteiger partial charge is 0.404 e. The summed E-state index contributed by atoms with van der Waals surface area (Å²) in [5.74, 6) is -0.00936. The monoisotopic (exact) mass is 301 g/mol. The van der Waals surface area contributed by atoms with E-state index in [1.807, 2.05) is 6.07 Å². The fraction of sp³-hybridized carbons (Fsp3) is 0.438. The van der Waals surface area contributed by atoms with Crippen LogP contribution in [0.3, 0.4) is 0 Å². The molecule has 2 amide bonds. The Morgan fingerprint density at radius 1 is 1.27 bits per heavy atom. The van der Waals surface area contributed by atoms with E-state index < -0.39 is 12.1 Å². The van der Waals surface area contributed by atoms with Crippen molar-refractivity contribution in [2.45, 2.75) is 31.7 Å². The van der Waals surface area contributed by atoms with Crippen molar-refractivity contribution in [3.8, 4) is 6.07 Å². The van der Waals surface area contributed by atoms with Gasteiger partial charge in [-0.2, -0.15) is 5.26 Å². The van der Waals surface area contributed by atoms with Gasteiger partial charge < -0.3 is 15.3 Å². The van der Waals surface area contributed by atoms with Gasteiger partial charge in [-0.25, -0.2) is 4.79 Å². The summed E-state index contributed by atoms with van der Waals surface area (Å²) in [5.41, 5.74) is 1.45. The average molecular weight is 301 g/mol. The Morgan fingerprint density at radius 3 is 2.45 bits per heavy atom. The minimum absolute atomic E-state index is 0.00936. The van der Waals surface area contributed by atoms with Crippen LogP contribution in [0.5, 0.6) is 0 Å². The summed E-state index contributed by atoms with van der Waals surface area (Å²) in [4.78, 5) is 24.9. The quantitative estimate of drug-likeness (QED) is 0.866. The first kappa shape index (κ1) is 15.8. The second-order valence-corrected chi connectivity index (χ2v) is 5.45. The van der Waals surface area contributed by atoms with Gasteiger partial charge in [0.25, 0.3) is 0 Å². The molecule has 1 aliphatic heterocycles. The number of rotatable bonds is 5. The van der Waals surface area contributed by atoms with Crippen molar-refractivity contribution in [1.82, 2.24) is 10.2 Å². The Hall–Kier alpha value is -2.55. The van der Waals surface area contributed by atoms with Gasteiger partial charge in [-0.15, -0.1) is 0 Å². The molecule has 0 spiro atoms. The molecule has 1 atom stereocenters. The summed E-state index contributed by atoms with van der Waals surface area (Å²) in [6.07, 6.45) is 1.48. The molecule has 0 aliphatic carbocycles. The third-order valence-corrected chi connectivity index (χ3v) is 3.77. The predicted octanol–water partition coefficient (Wildman–Crippen LogP) is 1.75. The molecular formula is C16H19N3O3. The number of nitriles is 1. The Bertz CT molecular complexity index is 571. The highest BCUT2D eigenvalue weighted by molar-refractivity contribution is 5.78. The molecule has 1 aromatic rings. The van der Waals surface area contributed by atoms with Gasteiger partial charge >= 0.3 is 6.09 Å². The molecule has 22 heavy (non-hydrogen) atoms. The third kappa shape index (κ3) is 4.48. The first-order chi connectivity index (χ1) is 10.6. The van der Waals surface area contributed by atoms with Crippen LogP contribution in [0.25, 0.3) is 0 Å². The van der Waals surface area contributed by atoms with E-state index in [0.717, 1.165) is 31.5 Å². The van der Waals surface area contributed by atoms with Gasteiger partial charge in [-0.3, -0.25) is 4.79 Å². The maximum atomic E-state index is 12.2. The average Bonchev–Trinajstić information content (AvgIpc) is 3.01. The maximum Gasteiger partial charge on any atom is 0.404 e. The Morgan fingerprint density at radius 2 is 1.91 bits per heavy atom. The van der Waals surface area contributed by atoms with Crippen LogP contribution < -0.4 is 5.32 Å². The number of carbonyl (C=O) groups excluding carboxylic acids is 1. The van der Waals surface area contributed by atoms with Crippen LogP contribution in [0.4, 0.5) is 4.79 Å². The standard InChI is InChI=1S/C16H19N3O3/c17-11-13-5-3-12(4-6-13)9-14(18-16(21)22)10-15(20)19-7-1-2-8-19/h3-6,14,18H,1-2,7-10H2,(H,21,22)/t14-/m1/s1. The zero-order valence-corrected chi connectivity index (χ0v) is 12.3. The number of nitrogens with zero attached hydrogens (tertiary/aromatic N) is 2. The van der Waals surface area contributed by atoms with E-state index in [4.69, 9.17) is 10.4 Å². The molecule has 0 unspecified atom stereocenters. The molecule has 0 bridgehead atoms. The number of amides is 2. The molecule has 1 saturated heterocycles. The fourth-order valence-electron chi connectivity index (χ4n) is 2.66. The van der Waals surface area contributed by atoms with Gasteiger partial charge in [0, 0.05) is 25.6 Å². The molecule has 1 aromatic carbocycles. The van der Waals surface area contributed by atoms with Gasteiger partial charge in [0.2, 0.25) is 5.91 Å². The Balaban J connectivity index is 1.99. The van der Waals surface area contributed by atoms with Crippen molar-refractivity contribution in [3.63, 3.8) is 0 Å². The topological polar surface area (TPSA) is 93.4 Å². The second kappa shape index (κ2) is 7.46. The zero-order chi connectivity index (χ0) is 15.9. The highest BCUT2D eigenvalue weighted by Gasteiger charge is 2.23. The molecule has 2 rings (SSSR count). The Kier molecular flexibility index (Phi) is 5.37. The van der Waals surface area contributed by atoms with Crippen LogP contribution in [-0.4, -0.2) is 41.1 Å². The zero-order valence-electron chi connectivity index (χ0n) is 12.3. The van der Waals surface area contributed by atoms with Crippen molar-refractivity contribution in [1.29, 1.82) is 5.26 Å². The normalized spacial score (nSPS) is 15.1. The lowest BCUT2D eigenvalue weighted by atomic mass is 10.0. The van der Waals surface area contributed by atoms with Gasteiger partial charge in [-0.1, -0.05) is 12.1 Å². The number of benzene rings is 1. The maximum absolute atomic E-state index is 12.2. The molecule has 6 heteroatoms. The second-order valence-electron chi connectivity index (χ2n) is 5.45. The highest BCUT2D eigenvalue weighted by atomic mass is 16.4. The van der Waals surface area contributed by atoms with E-state index in [1.165, 1.54) is 0 Å². The molecule has 0 radical (unpaired) electrons. The van der Waals surface area contributed by atoms with E-state index in [2.05, 4.69) is 5.32 Å². The van der Waals surface area contributed by atoms with Crippen LogP contribution >= 0.6 is 0 Å². The first-order valence-corrected chi connectivity index (χ1v) is 7.35. The van der Waals surface area contributed by atoms with E-state index in [1.54, 1.807) is 29.2 Å². The predicted molar refractivity (Wildman–Crippen MR) is 80.2 cm³/mol. The SMILES string of the molecule is N#Cc1ccc(C[C@H](CC(=O)N2CCCC2)NC(=O)O)cc1. The van der Waals surface area contributed by atoms with Crippen molar-refractivity contribution < 1.29 is 14.7 Å². The minimum Gasteiger partial charge on any atom is -0.465 e. The lowest BCUT2D eigenvalue weighted by Crippen LogP contribution is -2.40. The number of carboxylic acid groups (broad SMARTS) is 1. The van der Waals surface area contributed by atoms with Crippen molar-refractivity contribution in [3.05, 3.63) is 35.4 Å². The molecule has 6 nitrogen and oxygen atoms in total. The Labute approximate surface area is 129 Å². The largest absolute Gasteiger partial charge is 0.465 e. The number of hydrogen-bond acceptors (Lipinski definition) is 3. The van der Waals surface area contributed by atoms with E-state index in [-0.39, 0.29) is 12.3 Å². The third-order valence-electron chi connectivity index (χ3n) is 3.77. The summed E-state index contributed by atoms with van der Waals surface area (Å²) in [6, 6.07) is 8.53. The summed E-state index contributed by atoms with van der Waals surface area (Å²) in [6.45, 7) is 1.52. The fourth-order valence-corrected chi connectivity index (χ4v) is 2.66. The van der Waals surface area contributed by atoms with Crippen molar-refractivity contribution >= 4 is 12.0 Å². The van der Waals surface area contributed by atoms with E-state index in [0.29, 0.717) is 12.0 Å². The van der Waals surface area contributed by atoms with E-state index in [9.17, 15) is 9.59 Å². The number of likely N-dealkylation sites (tertiary alicyclic amines) is 1. The van der Waals surface area contributed by atoms with Crippen LogP contribution in [0.2, 0.25) is 0 Å². The van der Waals surface area contributed by atoms with Gasteiger partial charge in [0.1, 0.15) is 0 Å². The first-order valence-electron chi connectivity index (χ1n) is 7.35. The molecule has 0 aromatic heterocycles. The lowest BCUT2D eigenvalue weighted by Gasteiger charge is -2.21. The summed E-state index contributed by atoms with van der Waals surface area (Å²) in [5, 5.41) is 20.1. The summed E-state index contributed by atoms with van der Waals surface area (Å²) >= 11 is 0. The molecular weight excluding hydrogens is 282 g/mol. The van der Waals surface area contributed by atoms with Crippen molar-refractivity contribution in [2.75, 3.05) is 13.1 Å². The molecule has 1 aliphatic rings. The highest BCUT2D eigenvalue weighted by Crippen LogP contribution is 2.13. The summed E-state index contributed by atoms with van der Waals surface area (Å²) < 4.78 is 0. The minimum atomic E-state index is -1.13. The molecule has 1 heterocycles. The molecule has 1 fully saturated rings. The van der Waals surface area contributed by atoms with Gasteiger partial charge in [0.05, 0.1) is 11.6 Å². The van der Waals surface area contributed by atoms with Crippen LogP contribution in [0.1, 0.15) is 30.4 Å². The van der Waals surface area contributed by atoms with Gasteiger partial charge in [0.15, 0.2) is 0 Å². The van der Waals surface area contributed by atoms with Crippen LogP contribution in [0.15, 0.2) is 24.3 Å². The number of nitrogens with one attached hydrogen (secondary N) is 1. The number of hydrogen-bond donors (Lipinski definition) is 2. The molecule has 2 N–H and O–H groups in total.